The lowest BCUT2D eigenvalue weighted by Gasteiger charge is -1.94. The molecule has 0 aliphatic carbocycles. The van der Waals surface area contributed by atoms with Gasteiger partial charge in [-0.05, 0) is 12.2 Å². The molecule has 62 valence electrons. The van der Waals surface area contributed by atoms with E-state index in [1.54, 1.807) is 12.0 Å². The summed E-state index contributed by atoms with van der Waals surface area (Å²) in [6.45, 7) is 0. The third-order valence-corrected chi connectivity index (χ3v) is 1.81. The van der Waals surface area contributed by atoms with E-state index in [2.05, 4.69) is 4.99 Å². The largest absolute Gasteiger partial charge is 0.237 e. The van der Waals surface area contributed by atoms with Crippen LogP contribution in [0.1, 0.15) is 5.56 Å². The van der Waals surface area contributed by atoms with E-state index in [0.29, 0.717) is 5.70 Å². The van der Waals surface area contributed by atoms with Crippen LogP contribution in [0.3, 0.4) is 0 Å². The van der Waals surface area contributed by atoms with E-state index >= 15 is 0 Å². The maximum Gasteiger partial charge on any atom is 0.152 e. The number of nitrogens with zero attached hydrogens (tertiary/aromatic N) is 1. The second-order valence-electron chi connectivity index (χ2n) is 2.68. The molecular formula is C11H7NO. The zero-order chi connectivity index (χ0) is 9.10. The first-order valence-corrected chi connectivity index (χ1v) is 3.97. The smallest absolute Gasteiger partial charge is 0.152 e. The van der Waals surface area contributed by atoms with Crippen LogP contribution in [0.25, 0.3) is 0 Å². The highest BCUT2D eigenvalue weighted by Gasteiger charge is 2.05. The van der Waals surface area contributed by atoms with Crippen molar-refractivity contribution < 1.29 is 4.79 Å². The first-order chi connectivity index (χ1) is 6.40. The van der Waals surface area contributed by atoms with Crippen LogP contribution >= 0.6 is 0 Å². The standard InChI is InChI=1S/C11H7NO/c13-8-10-6-7-11(12-10)9-4-2-1-3-5-9/h1-7H. The van der Waals surface area contributed by atoms with Crippen molar-refractivity contribution >= 4 is 11.7 Å². The normalized spacial score (nSPS) is 14.2. The molecule has 1 aliphatic rings. The minimum Gasteiger partial charge on any atom is -0.237 e. The van der Waals surface area contributed by atoms with Gasteiger partial charge in [-0.2, -0.15) is 0 Å². The van der Waals surface area contributed by atoms with E-state index < -0.39 is 0 Å². The molecule has 0 saturated carbocycles. The number of hydrogen-bond acceptors (Lipinski definition) is 2. The molecule has 0 saturated heterocycles. The Hall–Kier alpha value is -1.92. The zero-order valence-electron chi connectivity index (χ0n) is 6.90. The summed E-state index contributed by atoms with van der Waals surface area (Å²) in [5, 5.41) is 0. The van der Waals surface area contributed by atoms with Crippen LogP contribution in [0.15, 0.2) is 53.2 Å². The molecule has 2 heteroatoms. The Morgan fingerprint density at radius 1 is 1.08 bits per heavy atom. The lowest BCUT2D eigenvalue weighted by atomic mass is 10.1. The van der Waals surface area contributed by atoms with E-state index in [4.69, 9.17) is 0 Å². The number of carbonyl (C=O) groups excluding carboxylic acids is 1. The van der Waals surface area contributed by atoms with Gasteiger partial charge < -0.3 is 0 Å². The van der Waals surface area contributed by atoms with Crippen LogP contribution in [-0.2, 0) is 4.79 Å². The Bertz CT molecular complexity index is 423. The summed E-state index contributed by atoms with van der Waals surface area (Å²) in [5.41, 5.74) is 2.20. The fraction of sp³-hybridized carbons (Fsp3) is 0. The topological polar surface area (TPSA) is 29.4 Å². The van der Waals surface area contributed by atoms with Gasteiger partial charge in [-0.3, -0.25) is 0 Å². The molecule has 0 fully saturated rings. The molecule has 1 aromatic carbocycles. The molecule has 0 aromatic heterocycles. The molecule has 0 bridgehead atoms. The van der Waals surface area contributed by atoms with Crippen LogP contribution in [0.4, 0.5) is 0 Å². The highest BCUT2D eigenvalue weighted by atomic mass is 16.1. The average molecular weight is 169 g/mol. The van der Waals surface area contributed by atoms with Crippen LogP contribution < -0.4 is 0 Å². The zero-order valence-corrected chi connectivity index (χ0v) is 6.90. The number of allylic oxidation sites excluding steroid dienone is 2. The monoisotopic (exact) mass is 169 g/mol. The molecule has 0 unspecified atom stereocenters. The Morgan fingerprint density at radius 3 is 2.46 bits per heavy atom. The fourth-order valence-electron chi connectivity index (χ4n) is 1.19. The van der Waals surface area contributed by atoms with Gasteiger partial charge in [-0.15, -0.1) is 0 Å². The molecule has 2 nitrogen and oxygen atoms in total. The second-order valence-corrected chi connectivity index (χ2v) is 2.68. The van der Waals surface area contributed by atoms with Crippen molar-refractivity contribution in [2.45, 2.75) is 0 Å². The Morgan fingerprint density at radius 2 is 1.85 bits per heavy atom. The minimum atomic E-state index is 0.360. The van der Waals surface area contributed by atoms with Crippen molar-refractivity contribution in [3.63, 3.8) is 0 Å². The number of hydrogen-bond donors (Lipinski definition) is 0. The number of rotatable bonds is 1. The van der Waals surface area contributed by atoms with Crippen molar-refractivity contribution in [3.05, 3.63) is 53.7 Å². The predicted octanol–water partition coefficient (Wildman–Crippen LogP) is 1.76. The van der Waals surface area contributed by atoms with Gasteiger partial charge in [0.2, 0.25) is 0 Å². The molecule has 0 radical (unpaired) electrons. The van der Waals surface area contributed by atoms with Crippen LogP contribution in [-0.4, -0.2) is 11.7 Å². The van der Waals surface area contributed by atoms with Crippen LogP contribution in [0, 0.1) is 0 Å². The summed E-state index contributed by atoms with van der Waals surface area (Å²) in [6, 6.07) is 9.73. The molecule has 1 aromatic rings. The number of aliphatic imine (C=N–C) groups is 1. The van der Waals surface area contributed by atoms with E-state index in [-0.39, 0.29) is 0 Å². The summed E-state index contributed by atoms with van der Waals surface area (Å²) < 4.78 is 0. The molecule has 0 amide bonds. The number of benzene rings is 1. The molecular weight excluding hydrogens is 162 g/mol. The minimum absolute atomic E-state index is 0.360. The van der Waals surface area contributed by atoms with Crippen molar-refractivity contribution in [2.75, 3.05) is 0 Å². The second kappa shape index (κ2) is 3.21. The highest BCUT2D eigenvalue weighted by molar-refractivity contribution is 6.11. The SMILES string of the molecule is O=C=C1C=CC(c2ccccc2)=N1. The van der Waals surface area contributed by atoms with Gasteiger partial charge in [0.1, 0.15) is 5.70 Å². The first kappa shape index (κ1) is 7.71. The van der Waals surface area contributed by atoms with E-state index in [1.807, 2.05) is 36.4 Å². The Balaban J connectivity index is 2.41. The van der Waals surface area contributed by atoms with Crippen molar-refractivity contribution in [3.8, 4) is 0 Å². The Labute approximate surface area is 75.9 Å². The first-order valence-electron chi connectivity index (χ1n) is 3.97. The highest BCUT2D eigenvalue weighted by Crippen LogP contribution is 2.11. The van der Waals surface area contributed by atoms with Gasteiger partial charge >= 0.3 is 0 Å². The third-order valence-electron chi connectivity index (χ3n) is 1.81. The quantitative estimate of drug-likeness (QED) is 0.589. The molecule has 0 spiro atoms. The van der Waals surface area contributed by atoms with Gasteiger partial charge in [-0.1, -0.05) is 30.3 Å². The molecule has 2 rings (SSSR count). The molecule has 0 atom stereocenters. The molecule has 1 heterocycles. The van der Waals surface area contributed by atoms with Gasteiger partial charge in [0.05, 0.1) is 5.71 Å². The summed E-state index contributed by atoms with van der Waals surface area (Å²) in [6.07, 6.45) is 3.48. The maximum absolute atomic E-state index is 10.3. The molecule has 1 aliphatic heterocycles. The van der Waals surface area contributed by atoms with Crippen molar-refractivity contribution in [2.24, 2.45) is 4.99 Å². The van der Waals surface area contributed by atoms with Crippen molar-refractivity contribution in [1.29, 1.82) is 0 Å². The lowest BCUT2D eigenvalue weighted by Crippen LogP contribution is -1.91. The fourth-order valence-corrected chi connectivity index (χ4v) is 1.19. The summed E-state index contributed by atoms with van der Waals surface area (Å²) in [4.78, 5) is 14.3. The summed E-state index contributed by atoms with van der Waals surface area (Å²) >= 11 is 0. The maximum atomic E-state index is 10.3. The molecule has 13 heavy (non-hydrogen) atoms. The molecule has 0 N–H and O–H groups in total. The predicted molar refractivity (Wildman–Crippen MR) is 51.3 cm³/mol. The van der Waals surface area contributed by atoms with E-state index in [0.717, 1.165) is 11.3 Å². The van der Waals surface area contributed by atoms with Gasteiger partial charge in [0, 0.05) is 5.56 Å². The van der Waals surface area contributed by atoms with Gasteiger partial charge in [-0.25, -0.2) is 9.79 Å². The van der Waals surface area contributed by atoms with Gasteiger partial charge in [0.15, 0.2) is 5.94 Å². The van der Waals surface area contributed by atoms with E-state index in [9.17, 15) is 4.79 Å². The van der Waals surface area contributed by atoms with Crippen LogP contribution in [0.2, 0.25) is 0 Å². The van der Waals surface area contributed by atoms with Gasteiger partial charge in [0.25, 0.3) is 0 Å². The lowest BCUT2D eigenvalue weighted by molar-refractivity contribution is 0.567. The third kappa shape index (κ3) is 1.48. The van der Waals surface area contributed by atoms with Crippen LogP contribution in [0.5, 0.6) is 0 Å². The summed E-state index contributed by atoms with van der Waals surface area (Å²) in [5.74, 6) is 1.76. The van der Waals surface area contributed by atoms with Crippen molar-refractivity contribution in [1.82, 2.24) is 0 Å². The van der Waals surface area contributed by atoms with E-state index in [1.165, 1.54) is 0 Å². The average Bonchev–Trinajstić information content (AvgIpc) is 2.67. The Kier molecular flexibility index (Phi) is 1.91. The summed E-state index contributed by atoms with van der Waals surface area (Å²) in [7, 11) is 0.